The third kappa shape index (κ3) is 1.73. The van der Waals surface area contributed by atoms with Gasteiger partial charge in [0.2, 0.25) is 0 Å². The van der Waals surface area contributed by atoms with Crippen LogP contribution in [0.4, 0.5) is 0 Å². The molecule has 1 nitrogen and oxygen atoms in total. The third-order valence-corrected chi connectivity index (χ3v) is 1.63. The van der Waals surface area contributed by atoms with Gasteiger partial charge in [-0.1, -0.05) is 19.3 Å². The van der Waals surface area contributed by atoms with E-state index >= 15 is 0 Å². The molecule has 0 radical (unpaired) electrons. The Morgan fingerprint density at radius 2 is 2.00 bits per heavy atom. The quantitative estimate of drug-likeness (QED) is 0.577. The number of likely N-dealkylation sites (tertiary alicyclic amines) is 1. The van der Waals surface area contributed by atoms with Gasteiger partial charge in [0.1, 0.15) is 0 Å². The van der Waals surface area contributed by atoms with Gasteiger partial charge in [-0.3, -0.25) is 6.54 Å². The maximum atomic E-state index is 2.30. The number of rotatable bonds is 0. The van der Waals surface area contributed by atoms with Crippen LogP contribution in [0.5, 0.6) is 0 Å². The molecule has 1 aliphatic rings. The van der Waals surface area contributed by atoms with E-state index in [2.05, 4.69) is 32.3 Å². The Bertz CT molecular complexity index is 90.9. The fraction of sp³-hybridized carbons (Fsp3) is 0.857. The molecule has 9 heavy (non-hydrogen) atoms. The van der Waals surface area contributed by atoms with Crippen molar-refractivity contribution in [3.63, 3.8) is 0 Å². The third-order valence-electron chi connectivity index (χ3n) is 1.63. The van der Waals surface area contributed by atoms with Gasteiger partial charge in [0.25, 0.3) is 0 Å². The van der Waals surface area contributed by atoms with Crippen LogP contribution < -0.4 is 0 Å². The first-order valence-corrected chi connectivity index (χ1v) is 3.14. The Kier molecular flexibility index (Phi) is 1.82. The predicted molar refractivity (Wildman–Crippen MR) is 35.3 cm³/mol. The second kappa shape index (κ2) is 2.06. The molecule has 0 aromatic heterocycles. The zero-order valence-electron chi connectivity index (χ0n) is 6.65. The van der Waals surface area contributed by atoms with Gasteiger partial charge in [-0.15, -0.1) is 0 Å². The normalized spacial score (nSPS) is 25.7. The number of hydrogen-bond donors (Lipinski definition) is 0. The molecule has 50 valence electrons. The van der Waals surface area contributed by atoms with Crippen LogP contribution in [0.25, 0.3) is 0 Å². The maximum Gasteiger partial charge on any atom is 0 e. The summed E-state index contributed by atoms with van der Waals surface area (Å²) in [7, 11) is 2.13. The van der Waals surface area contributed by atoms with Crippen LogP contribution in [0.3, 0.4) is 0 Å². The summed E-state index contributed by atoms with van der Waals surface area (Å²) >= 11 is 0. The molecule has 2 heteroatoms. The fourth-order valence-electron chi connectivity index (χ4n) is 1.21. The van der Waals surface area contributed by atoms with Crippen LogP contribution in [0.2, 0.25) is 0 Å². The van der Waals surface area contributed by atoms with E-state index < -0.39 is 0 Å². The second-order valence-corrected chi connectivity index (χ2v) is 3.47. The molecule has 1 rings (SSSR count). The number of hydrogen-bond acceptors (Lipinski definition) is 1. The molecule has 0 aliphatic carbocycles. The molecule has 0 spiro atoms. The first kappa shape index (κ1) is 7.96. The van der Waals surface area contributed by atoms with Gasteiger partial charge in [0, 0.05) is 0 Å². The molecule has 1 heterocycles. The summed E-state index contributed by atoms with van der Waals surface area (Å²) in [4.78, 5) is 2.26. The summed E-state index contributed by atoms with van der Waals surface area (Å²) in [6.45, 7) is 8.08. The Hall–Kier alpha value is -1.04. The van der Waals surface area contributed by atoms with Gasteiger partial charge >= 0.3 is 0 Å². The second-order valence-electron chi connectivity index (χ2n) is 3.47. The monoisotopic (exact) mass is 379 g/mol. The summed E-state index contributed by atoms with van der Waals surface area (Å²) in [5.74, 6) is 0. The van der Waals surface area contributed by atoms with Gasteiger partial charge in [0.05, 0.1) is 0 Å². The molecule has 1 fully saturated rings. The van der Waals surface area contributed by atoms with Crippen molar-refractivity contribution in [1.29, 1.82) is 0 Å². The van der Waals surface area contributed by atoms with Crippen LogP contribution >= 0.6 is 0 Å². The van der Waals surface area contributed by atoms with Crippen molar-refractivity contribution in [3.05, 3.63) is 6.54 Å². The van der Waals surface area contributed by atoms with Gasteiger partial charge < -0.3 is 4.90 Å². The summed E-state index contributed by atoms with van der Waals surface area (Å²) in [5, 5.41) is 0. The summed E-state index contributed by atoms with van der Waals surface area (Å²) in [5.41, 5.74) is 0.536. The molecule has 0 unspecified atom stereocenters. The Morgan fingerprint density at radius 3 is 2.11 bits per heavy atom. The van der Waals surface area contributed by atoms with Crippen molar-refractivity contribution < 1.29 is 0 Å². The summed E-state index contributed by atoms with van der Waals surface area (Å²) < 4.78 is 0. The molecule has 0 amide bonds. The van der Waals surface area contributed by atoms with Crippen molar-refractivity contribution in [2.75, 3.05) is 13.6 Å². The maximum absolute atomic E-state index is 2.30. The Balaban J connectivity index is 0.000000640. The molecular formula is C7H14NRf-. The van der Waals surface area contributed by atoms with Crippen molar-refractivity contribution in [3.8, 4) is 0 Å². The van der Waals surface area contributed by atoms with Crippen molar-refractivity contribution >= 4 is 0 Å². The first-order chi connectivity index (χ1) is 3.60. The summed E-state index contributed by atoms with van der Waals surface area (Å²) in [6, 6.07) is 0. The van der Waals surface area contributed by atoms with E-state index in [-0.39, 0.29) is 0 Å². The average Bonchev–Trinajstić information content (AvgIpc) is 1.82. The molecule has 1 aliphatic heterocycles. The standard InChI is InChI=1S/C7H14N.Rf/c1-7(2)4-5-8(3)6-7;/h5H,4,6H2,1-3H3;/q-1;. The average molecular weight is 379 g/mol. The SMILES string of the molecule is CN1[CH-]CC(C)(C)C1.[Rf]. The molecule has 1 saturated heterocycles. The fourth-order valence-corrected chi connectivity index (χ4v) is 1.21. The van der Waals surface area contributed by atoms with E-state index in [1.54, 1.807) is 0 Å². The summed E-state index contributed by atoms with van der Waals surface area (Å²) in [6.07, 6.45) is 1.24. The van der Waals surface area contributed by atoms with Gasteiger partial charge in [0.15, 0.2) is 0 Å². The molecule has 0 bridgehead atoms. The molecule has 0 aromatic carbocycles. The van der Waals surface area contributed by atoms with Crippen LogP contribution in [-0.4, -0.2) is 18.5 Å². The largest absolute Gasteiger partial charge is 0.459 e. The number of nitrogens with zero attached hydrogens (tertiary/aromatic N) is 1. The molecule has 0 N–H and O–H groups in total. The van der Waals surface area contributed by atoms with Gasteiger partial charge in [-0.2, -0.15) is 6.42 Å². The van der Waals surface area contributed by atoms with E-state index in [9.17, 15) is 0 Å². The zero-order valence-corrected chi connectivity index (χ0v) is 13.0. The van der Waals surface area contributed by atoms with E-state index in [4.69, 9.17) is 0 Å². The Labute approximate surface area is 51.7 Å². The van der Waals surface area contributed by atoms with Crippen LogP contribution in [0.15, 0.2) is 0 Å². The van der Waals surface area contributed by atoms with Gasteiger partial charge in [-0.25, -0.2) is 0 Å². The van der Waals surface area contributed by atoms with E-state index in [0.29, 0.717) is 5.41 Å². The molecule has 0 atom stereocenters. The van der Waals surface area contributed by atoms with Crippen LogP contribution in [-0.2, 0) is 0 Å². The van der Waals surface area contributed by atoms with E-state index in [0.717, 1.165) is 0 Å². The zero-order chi connectivity index (χ0) is 6.20. The van der Waals surface area contributed by atoms with Crippen LogP contribution in [0, 0.1) is 12.0 Å². The van der Waals surface area contributed by atoms with Crippen molar-refractivity contribution in [2.24, 2.45) is 5.41 Å². The Morgan fingerprint density at radius 1 is 1.44 bits per heavy atom. The minimum atomic E-state index is 0. The minimum Gasteiger partial charge on any atom is -0.459 e. The van der Waals surface area contributed by atoms with Gasteiger partial charge in [-0.05, 0) is 13.6 Å². The minimum absolute atomic E-state index is 0. The predicted octanol–water partition coefficient (Wildman–Crippen LogP) is 1.51. The van der Waals surface area contributed by atoms with Crippen molar-refractivity contribution in [1.82, 2.24) is 4.90 Å². The smallest absolute Gasteiger partial charge is 0 e. The topological polar surface area (TPSA) is 3.24 Å². The van der Waals surface area contributed by atoms with Crippen LogP contribution in [0.1, 0.15) is 20.3 Å². The molecule has 0 saturated carbocycles. The molecule has 0 aromatic rings. The van der Waals surface area contributed by atoms with E-state index in [1.165, 1.54) is 13.0 Å². The van der Waals surface area contributed by atoms with Crippen molar-refractivity contribution in [2.45, 2.75) is 20.3 Å². The molecular weight excluding hydrogens is 365 g/mol. The van der Waals surface area contributed by atoms with E-state index in [1.807, 2.05) is 0 Å². The first-order valence-electron chi connectivity index (χ1n) is 3.14.